The summed E-state index contributed by atoms with van der Waals surface area (Å²) >= 11 is 1.54. The van der Waals surface area contributed by atoms with Gasteiger partial charge < -0.3 is 5.32 Å². The Morgan fingerprint density at radius 1 is 1.47 bits per heavy atom. The molecule has 1 aliphatic rings. The van der Waals surface area contributed by atoms with Crippen molar-refractivity contribution < 1.29 is 9.59 Å². The van der Waals surface area contributed by atoms with Crippen molar-refractivity contribution >= 4 is 23.3 Å². The number of hydrogen-bond acceptors (Lipinski definition) is 4. The second kappa shape index (κ2) is 4.55. The molecule has 1 fully saturated rings. The molecule has 0 bridgehead atoms. The molecule has 0 saturated carbocycles. The summed E-state index contributed by atoms with van der Waals surface area (Å²) in [6, 6.07) is -1.28. The number of carbonyl (C=O) groups excluding carboxylic acids is 2. The number of urea groups is 1. The smallest absolute Gasteiger partial charge is 0.316 e. The molecule has 1 saturated heterocycles. The van der Waals surface area contributed by atoms with Gasteiger partial charge in [-0.3, -0.25) is 10.1 Å². The molecule has 2 rings (SSSR count). The maximum atomic E-state index is 11.2. The number of nitrogens with zero attached hydrogens (tertiary/aromatic N) is 1. The molecule has 0 radical (unpaired) electrons. The highest BCUT2D eigenvalue weighted by molar-refractivity contribution is 7.09. The summed E-state index contributed by atoms with van der Waals surface area (Å²) in [7, 11) is 0. The van der Waals surface area contributed by atoms with Crippen LogP contribution >= 0.6 is 11.3 Å². The lowest BCUT2D eigenvalue weighted by Crippen LogP contribution is -2.26. The molecule has 1 aromatic heterocycles. The molecule has 2 heterocycles. The number of amides is 3. The van der Waals surface area contributed by atoms with Crippen LogP contribution in [0.4, 0.5) is 4.79 Å². The summed E-state index contributed by atoms with van der Waals surface area (Å²) in [5, 5.41) is 7.38. The monoisotopic (exact) mass is 249 g/mol. The molecule has 0 unspecified atom stereocenters. The van der Waals surface area contributed by atoms with Crippen molar-refractivity contribution in [2.75, 3.05) is 0 Å². The first-order valence-electron chi connectivity index (χ1n) is 5.14. The molecule has 17 heavy (non-hydrogen) atoms. The number of thiazole rings is 1. The highest BCUT2D eigenvalue weighted by Gasteiger charge is 2.27. The minimum absolute atomic E-state index is 0.366. The minimum atomic E-state index is -0.772. The summed E-state index contributed by atoms with van der Waals surface area (Å²) in [6.07, 6.45) is 0. The second-order valence-electron chi connectivity index (χ2n) is 3.89. The fourth-order valence-corrected chi connectivity index (χ4v) is 2.04. The van der Waals surface area contributed by atoms with Crippen LogP contribution < -0.4 is 10.6 Å². The Bertz CT molecular complexity index is 524. The van der Waals surface area contributed by atoms with Gasteiger partial charge in [-0.25, -0.2) is 9.78 Å². The van der Waals surface area contributed by atoms with Gasteiger partial charge in [0.2, 0.25) is 0 Å². The normalized spacial score (nSPS) is 18.6. The molecular formula is C11H11N3O2S. The van der Waals surface area contributed by atoms with Crippen molar-refractivity contribution in [2.24, 2.45) is 0 Å². The Kier molecular flexibility index (Phi) is 3.11. The van der Waals surface area contributed by atoms with Crippen LogP contribution in [0.1, 0.15) is 30.5 Å². The largest absolute Gasteiger partial charge is 0.322 e. The highest BCUT2D eigenvalue weighted by Crippen LogP contribution is 2.18. The standard InChI is InChI=1S/C11H11N3O2S/c1-6(2)10-12-7(5-17-10)3-4-8-9(15)14-11(16)13-8/h5-6,8H,1-2H3,(H2,13,14,15,16)/t8-/m0/s1. The van der Waals surface area contributed by atoms with E-state index >= 15 is 0 Å². The predicted molar refractivity (Wildman–Crippen MR) is 63.5 cm³/mol. The molecule has 88 valence electrons. The number of hydrogen-bond donors (Lipinski definition) is 2. The molecule has 2 N–H and O–H groups in total. The Morgan fingerprint density at radius 3 is 2.76 bits per heavy atom. The van der Waals surface area contributed by atoms with Crippen LogP contribution in [0.25, 0.3) is 0 Å². The van der Waals surface area contributed by atoms with Crippen LogP contribution in [-0.2, 0) is 4.79 Å². The van der Waals surface area contributed by atoms with Gasteiger partial charge in [-0.15, -0.1) is 11.3 Å². The van der Waals surface area contributed by atoms with Crippen molar-refractivity contribution in [1.29, 1.82) is 0 Å². The van der Waals surface area contributed by atoms with E-state index in [4.69, 9.17) is 0 Å². The van der Waals surface area contributed by atoms with Crippen LogP contribution in [-0.4, -0.2) is 23.0 Å². The maximum Gasteiger partial charge on any atom is 0.322 e. The summed E-state index contributed by atoms with van der Waals surface area (Å²) < 4.78 is 0. The van der Waals surface area contributed by atoms with Gasteiger partial charge >= 0.3 is 6.03 Å². The predicted octanol–water partition coefficient (Wildman–Crippen LogP) is 0.826. The van der Waals surface area contributed by atoms with E-state index in [1.807, 2.05) is 5.38 Å². The molecule has 0 aromatic carbocycles. The Labute approximate surface area is 103 Å². The number of imide groups is 1. The average molecular weight is 249 g/mol. The number of carbonyl (C=O) groups is 2. The maximum absolute atomic E-state index is 11.2. The first-order valence-corrected chi connectivity index (χ1v) is 6.02. The molecule has 1 aliphatic heterocycles. The van der Waals surface area contributed by atoms with Crippen molar-refractivity contribution in [3.63, 3.8) is 0 Å². The van der Waals surface area contributed by atoms with E-state index in [-0.39, 0.29) is 0 Å². The van der Waals surface area contributed by atoms with Gasteiger partial charge in [0, 0.05) is 11.3 Å². The molecule has 1 atom stereocenters. The third-order valence-electron chi connectivity index (χ3n) is 2.13. The van der Waals surface area contributed by atoms with E-state index in [1.165, 1.54) is 11.3 Å². The molecular weight excluding hydrogens is 238 g/mol. The van der Waals surface area contributed by atoms with Crippen molar-refractivity contribution in [2.45, 2.75) is 25.8 Å². The van der Waals surface area contributed by atoms with Gasteiger partial charge in [0.05, 0.1) is 5.01 Å². The van der Waals surface area contributed by atoms with Crippen LogP contribution in [0.2, 0.25) is 0 Å². The van der Waals surface area contributed by atoms with Crippen molar-refractivity contribution in [3.8, 4) is 11.8 Å². The number of aromatic nitrogens is 1. The zero-order valence-corrected chi connectivity index (χ0v) is 10.2. The van der Waals surface area contributed by atoms with Gasteiger partial charge in [0.1, 0.15) is 5.69 Å². The SMILES string of the molecule is CC(C)c1nc(C#C[C@@H]2NC(=O)NC2=O)cs1. The Morgan fingerprint density at radius 2 is 2.24 bits per heavy atom. The molecule has 5 nitrogen and oxygen atoms in total. The summed E-state index contributed by atoms with van der Waals surface area (Å²) in [4.78, 5) is 26.4. The molecule has 6 heteroatoms. The summed E-state index contributed by atoms with van der Waals surface area (Å²) in [6.45, 7) is 4.11. The molecule has 0 aliphatic carbocycles. The van der Waals surface area contributed by atoms with E-state index in [1.54, 1.807) is 0 Å². The lowest BCUT2D eigenvalue weighted by atomic mass is 10.2. The second-order valence-corrected chi connectivity index (χ2v) is 4.78. The average Bonchev–Trinajstić information content (AvgIpc) is 2.82. The van der Waals surface area contributed by atoms with E-state index in [0.29, 0.717) is 11.6 Å². The fraction of sp³-hybridized carbons (Fsp3) is 0.364. The van der Waals surface area contributed by atoms with Gasteiger partial charge in [0.25, 0.3) is 5.91 Å². The minimum Gasteiger partial charge on any atom is -0.316 e. The third-order valence-corrected chi connectivity index (χ3v) is 3.28. The lowest BCUT2D eigenvalue weighted by Gasteiger charge is -1.95. The zero-order valence-electron chi connectivity index (χ0n) is 9.40. The van der Waals surface area contributed by atoms with Gasteiger partial charge in [-0.2, -0.15) is 0 Å². The molecule has 1 aromatic rings. The lowest BCUT2D eigenvalue weighted by molar-refractivity contribution is -0.119. The first-order chi connectivity index (χ1) is 8.06. The Hall–Kier alpha value is -1.87. The Balaban J connectivity index is 2.10. The molecule has 0 spiro atoms. The van der Waals surface area contributed by atoms with Gasteiger partial charge in [0.15, 0.2) is 6.04 Å². The van der Waals surface area contributed by atoms with Crippen molar-refractivity contribution in [3.05, 3.63) is 16.1 Å². The number of rotatable bonds is 1. The quantitative estimate of drug-likeness (QED) is 0.572. The van der Waals surface area contributed by atoms with Crippen LogP contribution in [0, 0.1) is 11.8 Å². The van der Waals surface area contributed by atoms with E-state index in [0.717, 1.165) is 5.01 Å². The third kappa shape index (κ3) is 2.63. The summed E-state index contributed by atoms with van der Waals surface area (Å²) in [5.41, 5.74) is 0.632. The van der Waals surface area contributed by atoms with Crippen molar-refractivity contribution in [1.82, 2.24) is 15.6 Å². The van der Waals surface area contributed by atoms with Crippen LogP contribution in [0.5, 0.6) is 0 Å². The van der Waals surface area contributed by atoms with Crippen LogP contribution in [0.3, 0.4) is 0 Å². The van der Waals surface area contributed by atoms with Gasteiger partial charge in [-0.05, 0) is 5.92 Å². The van der Waals surface area contributed by atoms with Crippen LogP contribution in [0.15, 0.2) is 5.38 Å². The van der Waals surface area contributed by atoms with E-state index < -0.39 is 18.0 Å². The highest BCUT2D eigenvalue weighted by atomic mass is 32.1. The fourth-order valence-electron chi connectivity index (χ4n) is 1.27. The van der Waals surface area contributed by atoms with E-state index in [9.17, 15) is 9.59 Å². The molecule has 3 amide bonds. The zero-order chi connectivity index (χ0) is 12.4. The van der Waals surface area contributed by atoms with E-state index in [2.05, 4.69) is 41.3 Å². The van der Waals surface area contributed by atoms with Gasteiger partial charge in [-0.1, -0.05) is 19.8 Å². The summed E-state index contributed by atoms with van der Waals surface area (Å²) in [5.74, 6) is 5.42. The number of nitrogens with one attached hydrogen (secondary N) is 2. The topological polar surface area (TPSA) is 71.1 Å². The first kappa shape index (κ1) is 11.6.